The Hall–Kier alpha value is -5.20. The lowest BCUT2D eigenvalue weighted by atomic mass is 9.89. The summed E-state index contributed by atoms with van der Waals surface area (Å²) in [6.07, 6.45) is -1.35. The molecule has 2 unspecified atom stereocenters. The number of Topliss-reactive ketones (excluding diaryl/α,β-unsaturated/α-hetero) is 6. The lowest BCUT2D eigenvalue weighted by Gasteiger charge is -2.25. The Morgan fingerprint density at radius 3 is 1.19 bits per heavy atom. The number of rotatable bonds is 12. The fourth-order valence-electron chi connectivity index (χ4n) is 6.26. The maximum Gasteiger partial charge on any atom is 0.408 e. The topological polar surface area (TPSA) is 188 Å². The Kier molecular flexibility index (Phi) is 11.8. The van der Waals surface area contributed by atoms with Gasteiger partial charge in [0.15, 0.2) is 34.7 Å². The first-order valence-corrected chi connectivity index (χ1v) is 17.7. The van der Waals surface area contributed by atoms with Crippen molar-refractivity contribution in [1.82, 2.24) is 10.6 Å². The molecule has 0 aliphatic heterocycles. The lowest BCUT2D eigenvalue weighted by molar-refractivity contribution is -0.123. The number of nitrogens with one attached hydrogen (secondary N) is 2. The highest BCUT2D eigenvalue weighted by Crippen LogP contribution is 2.36. The molecule has 0 aromatic heterocycles. The van der Waals surface area contributed by atoms with Crippen LogP contribution in [0.2, 0.25) is 0 Å². The molecule has 4 rings (SSSR count). The highest BCUT2D eigenvalue weighted by atomic mass is 16.6. The van der Waals surface area contributed by atoms with Gasteiger partial charge in [-0.1, -0.05) is 27.7 Å². The molecule has 2 aliphatic carbocycles. The van der Waals surface area contributed by atoms with Crippen molar-refractivity contribution in [2.75, 3.05) is 0 Å². The SMILES string of the molecule is CC(C)C[C@@H](NC(=O)OC(C)(C)C)C(=O)C1C(=O)c2ccc(Oc3ccc4c(c3)C(=O)C(C(=O)[C@@H](CC(C)C)NC(=O)OC(C)(C)C)C4=O)cc2C1=O. The third kappa shape index (κ3) is 9.62. The van der Waals surface area contributed by atoms with E-state index in [1.807, 2.05) is 27.7 Å². The number of carbonyl (C=O) groups excluding carboxylic acids is 8. The minimum absolute atomic E-state index is 0.0216. The first-order chi connectivity index (χ1) is 24.5. The van der Waals surface area contributed by atoms with E-state index < -0.39 is 82.0 Å². The number of alkyl carbamates (subject to hydrolysis) is 2. The van der Waals surface area contributed by atoms with Gasteiger partial charge in [-0.3, -0.25) is 28.8 Å². The molecule has 2 amide bonds. The molecule has 0 radical (unpaired) electrons. The van der Waals surface area contributed by atoms with Crippen LogP contribution in [-0.4, -0.2) is 70.2 Å². The van der Waals surface area contributed by atoms with E-state index in [9.17, 15) is 38.4 Å². The molecule has 0 bridgehead atoms. The normalized spacial score (nSPS) is 18.0. The molecule has 0 heterocycles. The number of ketones is 6. The van der Waals surface area contributed by atoms with Gasteiger partial charge >= 0.3 is 12.2 Å². The van der Waals surface area contributed by atoms with E-state index in [0.29, 0.717) is 0 Å². The highest BCUT2D eigenvalue weighted by molar-refractivity contribution is 6.37. The van der Waals surface area contributed by atoms with Gasteiger partial charge in [0.1, 0.15) is 34.5 Å². The second-order valence-electron chi connectivity index (χ2n) is 16.3. The Labute approximate surface area is 308 Å². The van der Waals surface area contributed by atoms with Crippen LogP contribution in [0, 0.1) is 23.7 Å². The fraction of sp³-hybridized carbons (Fsp3) is 0.500. The van der Waals surface area contributed by atoms with Crippen LogP contribution in [-0.2, 0) is 19.1 Å². The first kappa shape index (κ1) is 40.6. The number of carbonyl (C=O) groups is 8. The van der Waals surface area contributed by atoms with Crippen molar-refractivity contribution < 1.29 is 52.6 Å². The largest absolute Gasteiger partial charge is 0.457 e. The maximum absolute atomic E-state index is 13.6. The van der Waals surface area contributed by atoms with Gasteiger partial charge in [-0.25, -0.2) is 9.59 Å². The van der Waals surface area contributed by atoms with Gasteiger partial charge in [0.2, 0.25) is 0 Å². The standard InChI is InChI=1S/C40H48N2O11/c1-19(2)15-27(41-37(49)52-39(5,6)7)35(47)29-31(43)23-13-11-21(17-25(23)33(29)45)51-22-12-14-24-26(18-22)34(46)30(32(24)44)36(48)28(16-20(3)4)42-38(50)53-40(8,9)10/h11-14,17-20,27-30H,15-16H2,1-10H3,(H,41,49)(H,42,50)/t27-,28-,29?,30?/m1/s1. The molecule has 284 valence electrons. The van der Waals surface area contributed by atoms with Gasteiger partial charge in [-0.15, -0.1) is 0 Å². The van der Waals surface area contributed by atoms with Crippen LogP contribution in [0.3, 0.4) is 0 Å². The predicted octanol–water partition coefficient (Wildman–Crippen LogP) is 6.49. The van der Waals surface area contributed by atoms with Crippen molar-refractivity contribution in [1.29, 1.82) is 0 Å². The molecule has 2 aromatic carbocycles. The van der Waals surface area contributed by atoms with Crippen molar-refractivity contribution in [2.45, 2.75) is 105 Å². The summed E-state index contributed by atoms with van der Waals surface area (Å²) in [6, 6.07) is 5.90. The second-order valence-corrected chi connectivity index (χ2v) is 16.3. The number of ether oxygens (including phenoxy) is 3. The van der Waals surface area contributed by atoms with Crippen LogP contribution < -0.4 is 15.4 Å². The monoisotopic (exact) mass is 732 g/mol. The fourth-order valence-corrected chi connectivity index (χ4v) is 6.26. The highest BCUT2D eigenvalue weighted by Gasteiger charge is 2.48. The molecule has 0 saturated carbocycles. The van der Waals surface area contributed by atoms with E-state index in [0.717, 1.165) is 0 Å². The van der Waals surface area contributed by atoms with Gasteiger partial charge in [0, 0.05) is 22.3 Å². The lowest BCUT2D eigenvalue weighted by Crippen LogP contribution is -2.48. The van der Waals surface area contributed by atoms with Crippen molar-refractivity contribution in [3.63, 3.8) is 0 Å². The molecule has 0 saturated heterocycles. The van der Waals surface area contributed by atoms with Crippen molar-refractivity contribution in [2.24, 2.45) is 23.7 Å². The molecule has 2 aromatic rings. The summed E-state index contributed by atoms with van der Waals surface area (Å²) in [5.74, 6) is -7.63. The average Bonchev–Trinajstić information content (AvgIpc) is 3.40. The smallest absolute Gasteiger partial charge is 0.408 e. The van der Waals surface area contributed by atoms with E-state index in [-0.39, 0.29) is 58.4 Å². The third-order valence-electron chi connectivity index (χ3n) is 8.38. The zero-order valence-corrected chi connectivity index (χ0v) is 31.8. The Morgan fingerprint density at radius 1 is 0.566 bits per heavy atom. The summed E-state index contributed by atoms with van der Waals surface area (Å²) in [5, 5.41) is 5.05. The number of fused-ring (bicyclic) bond motifs is 2. The summed E-state index contributed by atoms with van der Waals surface area (Å²) in [5.41, 5.74) is -1.71. The molecule has 2 N–H and O–H groups in total. The van der Waals surface area contributed by atoms with Crippen LogP contribution >= 0.6 is 0 Å². The summed E-state index contributed by atoms with van der Waals surface area (Å²) >= 11 is 0. The zero-order chi connectivity index (χ0) is 39.7. The second kappa shape index (κ2) is 15.4. The Balaban J connectivity index is 1.53. The van der Waals surface area contributed by atoms with E-state index in [4.69, 9.17) is 14.2 Å². The number of hydrogen-bond donors (Lipinski definition) is 2. The van der Waals surface area contributed by atoms with Gasteiger partial charge in [-0.2, -0.15) is 0 Å². The van der Waals surface area contributed by atoms with E-state index in [1.54, 1.807) is 41.5 Å². The Morgan fingerprint density at radius 2 is 0.887 bits per heavy atom. The summed E-state index contributed by atoms with van der Waals surface area (Å²) < 4.78 is 16.5. The molecule has 53 heavy (non-hydrogen) atoms. The third-order valence-corrected chi connectivity index (χ3v) is 8.38. The van der Waals surface area contributed by atoms with E-state index in [2.05, 4.69) is 10.6 Å². The summed E-state index contributed by atoms with van der Waals surface area (Å²) in [4.78, 5) is 106. The van der Waals surface area contributed by atoms with Crippen LogP contribution in [0.5, 0.6) is 11.5 Å². The number of benzene rings is 2. The van der Waals surface area contributed by atoms with Crippen LogP contribution in [0.4, 0.5) is 9.59 Å². The minimum Gasteiger partial charge on any atom is -0.457 e. The van der Waals surface area contributed by atoms with E-state index in [1.165, 1.54) is 36.4 Å². The molecule has 13 heteroatoms. The van der Waals surface area contributed by atoms with Gasteiger partial charge in [0.05, 0.1) is 12.1 Å². The van der Waals surface area contributed by atoms with Gasteiger partial charge < -0.3 is 24.8 Å². The molecular formula is C40H48N2O11. The Bertz CT molecular complexity index is 1730. The van der Waals surface area contributed by atoms with Crippen molar-refractivity contribution >= 4 is 46.9 Å². The molecule has 13 nitrogen and oxygen atoms in total. The quantitative estimate of drug-likeness (QED) is 0.227. The van der Waals surface area contributed by atoms with Crippen molar-refractivity contribution in [3.8, 4) is 11.5 Å². The van der Waals surface area contributed by atoms with Crippen LogP contribution in [0.25, 0.3) is 0 Å². The summed E-state index contributed by atoms with van der Waals surface area (Å²) in [7, 11) is 0. The van der Waals surface area contributed by atoms with Crippen LogP contribution in [0.15, 0.2) is 36.4 Å². The maximum atomic E-state index is 13.6. The molecule has 2 aliphatic rings. The molecule has 0 fully saturated rings. The van der Waals surface area contributed by atoms with Crippen LogP contribution in [0.1, 0.15) is 124 Å². The summed E-state index contributed by atoms with van der Waals surface area (Å²) in [6.45, 7) is 17.4. The predicted molar refractivity (Wildman–Crippen MR) is 192 cm³/mol. The molecular weight excluding hydrogens is 684 g/mol. The number of hydrogen-bond acceptors (Lipinski definition) is 11. The molecule has 0 spiro atoms. The zero-order valence-electron chi connectivity index (χ0n) is 31.8. The minimum atomic E-state index is -1.67. The van der Waals surface area contributed by atoms with Crippen molar-refractivity contribution in [3.05, 3.63) is 58.7 Å². The number of amides is 2. The van der Waals surface area contributed by atoms with E-state index >= 15 is 0 Å². The molecule has 4 atom stereocenters. The van der Waals surface area contributed by atoms with Gasteiger partial charge in [-0.05, 0) is 103 Å². The van der Waals surface area contributed by atoms with Gasteiger partial charge in [0.25, 0.3) is 0 Å². The first-order valence-electron chi connectivity index (χ1n) is 17.7. The average molecular weight is 733 g/mol.